The molecule has 1 aliphatic carbocycles. The zero-order chi connectivity index (χ0) is 38.2. The number of furan rings is 1. The van der Waals surface area contributed by atoms with Crippen molar-refractivity contribution in [2.45, 2.75) is 5.41 Å². The molecule has 272 valence electrons. The Morgan fingerprint density at radius 2 is 0.897 bits per heavy atom. The van der Waals surface area contributed by atoms with Gasteiger partial charge in [-0.1, -0.05) is 152 Å². The van der Waals surface area contributed by atoms with E-state index in [-0.39, 0.29) is 0 Å². The quantitative estimate of drug-likeness (QED) is 0.176. The molecule has 0 unspecified atom stereocenters. The van der Waals surface area contributed by atoms with Crippen LogP contribution in [0.2, 0.25) is 0 Å². The summed E-state index contributed by atoms with van der Waals surface area (Å²) in [6, 6.07) is 75.8. The maximum Gasteiger partial charge on any atom is 0.136 e. The summed E-state index contributed by atoms with van der Waals surface area (Å²) in [4.78, 5) is 2.34. The van der Waals surface area contributed by atoms with Gasteiger partial charge in [0.2, 0.25) is 0 Å². The van der Waals surface area contributed by atoms with Crippen molar-refractivity contribution in [3.63, 3.8) is 0 Å². The summed E-state index contributed by atoms with van der Waals surface area (Å²) in [6.45, 7) is 0. The lowest BCUT2D eigenvalue weighted by Gasteiger charge is -2.39. The molecule has 0 radical (unpaired) electrons. The van der Waals surface area contributed by atoms with Crippen LogP contribution < -0.4 is 9.64 Å². The Kier molecular flexibility index (Phi) is 7.14. The standard InChI is InChI=1S/C55H35NO2/c1-3-15-36(16-4-1)37-29-31-40(32-30-37)56(39-18-5-2-6-19-39)41-20-13-17-38(35-41)42-22-14-28-50-53(42)54-51(58-50)34-33-47-52(54)43-21-7-8-23-44(43)55(47)45-24-9-11-26-48(45)57-49-27-12-10-25-46(49)55/h1-35H. The van der Waals surface area contributed by atoms with Crippen LogP contribution in [0.15, 0.2) is 217 Å². The van der Waals surface area contributed by atoms with E-state index in [1.807, 2.05) is 0 Å². The highest BCUT2D eigenvalue weighted by Gasteiger charge is 2.51. The largest absolute Gasteiger partial charge is 0.457 e. The minimum Gasteiger partial charge on any atom is -0.457 e. The van der Waals surface area contributed by atoms with Gasteiger partial charge in [-0.3, -0.25) is 0 Å². The van der Waals surface area contributed by atoms with Crippen LogP contribution in [0.4, 0.5) is 17.1 Å². The van der Waals surface area contributed by atoms with Gasteiger partial charge in [-0.05, 0) is 105 Å². The van der Waals surface area contributed by atoms with Crippen LogP contribution in [0, 0.1) is 0 Å². The maximum absolute atomic E-state index is 6.80. The predicted octanol–water partition coefficient (Wildman–Crippen LogP) is 14.9. The number of benzene rings is 9. The van der Waals surface area contributed by atoms with Crippen molar-refractivity contribution in [3.05, 3.63) is 235 Å². The Morgan fingerprint density at radius 1 is 0.345 bits per heavy atom. The normalized spacial score (nSPS) is 13.1. The second-order valence-electron chi connectivity index (χ2n) is 15.2. The van der Waals surface area contributed by atoms with E-state index in [4.69, 9.17) is 9.15 Å². The molecule has 1 aliphatic heterocycles. The summed E-state index contributed by atoms with van der Waals surface area (Å²) in [5, 5.41) is 2.25. The highest BCUT2D eigenvalue weighted by Crippen LogP contribution is 2.63. The van der Waals surface area contributed by atoms with Crippen LogP contribution >= 0.6 is 0 Å². The molecule has 3 heteroatoms. The summed E-state index contributed by atoms with van der Waals surface area (Å²) in [6.07, 6.45) is 0. The lowest BCUT2D eigenvalue weighted by Crippen LogP contribution is -2.32. The third-order valence-electron chi connectivity index (χ3n) is 12.1. The molecule has 2 heterocycles. The molecule has 0 atom stereocenters. The number of nitrogens with zero attached hydrogens (tertiary/aromatic N) is 1. The molecule has 58 heavy (non-hydrogen) atoms. The van der Waals surface area contributed by atoms with Crippen LogP contribution in [-0.4, -0.2) is 0 Å². The molecule has 0 amide bonds. The van der Waals surface area contributed by atoms with Crippen LogP contribution in [0.1, 0.15) is 22.3 Å². The summed E-state index contributed by atoms with van der Waals surface area (Å²) in [5.41, 5.74) is 16.3. The molecular weight excluding hydrogens is 707 g/mol. The Bertz CT molecular complexity index is 3150. The smallest absolute Gasteiger partial charge is 0.136 e. The first-order chi connectivity index (χ1) is 28.8. The van der Waals surface area contributed by atoms with E-state index in [9.17, 15) is 0 Å². The predicted molar refractivity (Wildman–Crippen MR) is 237 cm³/mol. The van der Waals surface area contributed by atoms with Crippen molar-refractivity contribution in [2.75, 3.05) is 4.90 Å². The van der Waals surface area contributed by atoms with Gasteiger partial charge in [-0.2, -0.15) is 0 Å². The van der Waals surface area contributed by atoms with Crippen LogP contribution in [-0.2, 0) is 5.41 Å². The van der Waals surface area contributed by atoms with E-state index in [2.05, 4.69) is 217 Å². The second kappa shape index (κ2) is 12.7. The van der Waals surface area contributed by atoms with Gasteiger partial charge in [0, 0.05) is 39.0 Å². The minimum atomic E-state index is -0.559. The zero-order valence-electron chi connectivity index (χ0n) is 31.5. The van der Waals surface area contributed by atoms with Crippen molar-refractivity contribution in [3.8, 4) is 44.9 Å². The Morgan fingerprint density at radius 3 is 1.66 bits per heavy atom. The summed E-state index contributed by atoms with van der Waals surface area (Å²) in [7, 11) is 0. The molecule has 0 bridgehead atoms. The second-order valence-corrected chi connectivity index (χ2v) is 15.2. The lowest BCUT2D eigenvalue weighted by atomic mass is 9.66. The van der Waals surface area contributed by atoms with Gasteiger partial charge in [-0.25, -0.2) is 0 Å². The molecule has 0 fully saturated rings. The highest BCUT2D eigenvalue weighted by atomic mass is 16.5. The highest BCUT2D eigenvalue weighted by molar-refractivity contribution is 6.20. The van der Waals surface area contributed by atoms with Crippen molar-refractivity contribution in [2.24, 2.45) is 0 Å². The minimum absolute atomic E-state index is 0.559. The van der Waals surface area contributed by atoms with Gasteiger partial charge < -0.3 is 14.1 Å². The van der Waals surface area contributed by atoms with E-state index in [1.54, 1.807) is 0 Å². The van der Waals surface area contributed by atoms with Crippen molar-refractivity contribution in [1.82, 2.24) is 0 Å². The molecule has 1 aromatic heterocycles. The Hall–Kier alpha value is -7.62. The molecule has 9 aromatic carbocycles. The molecule has 1 spiro atoms. The van der Waals surface area contributed by atoms with Gasteiger partial charge in [0.25, 0.3) is 0 Å². The number of fused-ring (bicyclic) bond motifs is 13. The number of anilines is 3. The summed E-state index contributed by atoms with van der Waals surface area (Å²) >= 11 is 0. The lowest BCUT2D eigenvalue weighted by molar-refractivity contribution is 0.436. The van der Waals surface area contributed by atoms with Crippen LogP contribution in [0.3, 0.4) is 0 Å². The summed E-state index contributed by atoms with van der Waals surface area (Å²) in [5.74, 6) is 1.77. The number of hydrogen-bond acceptors (Lipinski definition) is 3. The SMILES string of the molecule is c1ccc(-c2ccc(N(c3ccccc3)c3cccc(-c4cccc5oc6ccc7c(c6c45)-c4ccccc4C74c5ccccc5Oc5ccccc54)c3)cc2)cc1. The van der Waals surface area contributed by atoms with E-state index < -0.39 is 5.41 Å². The topological polar surface area (TPSA) is 25.6 Å². The molecule has 0 N–H and O–H groups in total. The first-order valence-corrected chi connectivity index (χ1v) is 19.8. The number of rotatable bonds is 5. The molecule has 2 aliphatic rings. The third kappa shape index (κ3) is 4.68. The number of para-hydroxylation sites is 3. The van der Waals surface area contributed by atoms with Crippen LogP contribution in [0.25, 0.3) is 55.3 Å². The molecule has 3 nitrogen and oxygen atoms in total. The average molecular weight is 742 g/mol. The van der Waals surface area contributed by atoms with Crippen molar-refractivity contribution >= 4 is 39.0 Å². The molecular formula is C55H35NO2. The monoisotopic (exact) mass is 741 g/mol. The van der Waals surface area contributed by atoms with Gasteiger partial charge in [0.05, 0.1) is 5.41 Å². The summed E-state index contributed by atoms with van der Waals surface area (Å²) < 4.78 is 13.4. The van der Waals surface area contributed by atoms with E-state index in [0.29, 0.717) is 0 Å². The molecule has 12 rings (SSSR count). The van der Waals surface area contributed by atoms with Gasteiger partial charge >= 0.3 is 0 Å². The average Bonchev–Trinajstić information content (AvgIpc) is 3.82. The fraction of sp³-hybridized carbons (Fsp3) is 0.0182. The van der Waals surface area contributed by atoms with Gasteiger partial charge in [-0.15, -0.1) is 0 Å². The first kappa shape index (κ1) is 32.6. The Balaban J connectivity index is 1.08. The fourth-order valence-electron chi connectivity index (χ4n) is 9.76. The molecule has 0 saturated carbocycles. The van der Waals surface area contributed by atoms with E-state index in [1.165, 1.54) is 33.4 Å². The number of ether oxygens (including phenoxy) is 1. The molecule has 0 saturated heterocycles. The zero-order valence-corrected chi connectivity index (χ0v) is 31.5. The Labute approximate surface area is 336 Å². The first-order valence-electron chi connectivity index (χ1n) is 19.8. The fourth-order valence-corrected chi connectivity index (χ4v) is 9.76. The molecule has 10 aromatic rings. The van der Waals surface area contributed by atoms with Crippen molar-refractivity contribution < 1.29 is 9.15 Å². The van der Waals surface area contributed by atoms with Crippen molar-refractivity contribution in [1.29, 1.82) is 0 Å². The van der Waals surface area contributed by atoms with E-state index >= 15 is 0 Å². The maximum atomic E-state index is 6.80. The van der Waals surface area contributed by atoms with Crippen LogP contribution in [0.5, 0.6) is 11.5 Å². The van der Waals surface area contributed by atoms with E-state index in [0.717, 1.165) is 72.8 Å². The van der Waals surface area contributed by atoms with Gasteiger partial charge in [0.1, 0.15) is 22.7 Å². The number of hydrogen-bond donors (Lipinski definition) is 0. The van der Waals surface area contributed by atoms with Gasteiger partial charge in [0.15, 0.2) is 0 Å². The third-order valence-corrected chi connectivity index (χ3v) is 12.1.